The summed E-state index contributed by atoms with van der Waals surface area (Å²) in [5.74, 6) is 0.346. The third-order valence-corrected chi connectivity index (χ3v) is 5.25. The van der Waals surface area contributed by atoms with Gasteiger partial charge in [0.25, 0.3) is 5.91 Å². The van der Waals surface area contributed by atoms with Gasteiger partial charge in [-0.1, -0.05) is 0 Å². The van der Waals surface area contributed by atoms with Gasteiger partial charge in [-0.2, -0.15) is 0 Å². The molecule has 0 bridgehead atoms. The van der Waals surface area contributed by atoms with Crippen molar-refractivity contribution in [2.45, 2.75) is 32.6 Å². The number of amides is 2. The van der Waals surface area contributed by atoms with E-state index in [9.17, 15) is 9.59 Å². The summed E-state index contributed by atoms with van der Waals surface area (Å²) in [4.78, 5) is 25.7. The van der Waals surface area contributed by atoms with Crippen molar-refractivity contribution in [2.75, 3.05) is 18.5 Å². The molecule has 1 aromatic carbocycles. The molecule has 0 spiro atoms. The van der Waals surface area contributed by atoms with Gasteiger partial charge in [0.2, 0.25) is 5.91 Å². The van der Waals surface area contributed by atoms with Crippen LogP contribution in [0.3, 0.4) is 0 Å². The fourth-order valence-electron chi connectivity index (χ4n) is 2.95. The van der Waals surface area contributed by atoms with Crippen molar-refractivity contribution >= 4 is 28.8 Å². The molecule has 3 rings (SSSR count). The molecule has 0 radical (unpaired) electrons. The fraction of sp³-hybridized carbons (Fsp3) is 0.368. The Morgan fingerprint density at radius 3 is 2.68 bits per heavy atom. The third kappa shape index (κ3) is 4.39. The summed E-state index contributed by atoms with van der Waals surface area (Å²) < 4.78 is 5.36. The maximum atomic E-state index is 12.4. The number of nitrogens with one attached hydrogen (secondary N) is 2. The van der Waals surface area contributed by atoms with Gasteiger partial charge in [0.1, 0.15) is 5.75 Å². The van der Waals surface area contributed by atoms with E-state index in [1.807, 2.05) is 12.3 Å². The van der Waals surface area contributed by atoms with Crippen molar-refractivity contribution in [3.8, 4) is 5.75 Å². The fourth-order valence-corrected chi connectivity index (χ4v) is 4.07. The molecular formula is C19H22N2O3S. The molecule has 0 atom stereocenters. The second-order valence-corrected chi connectivity index (χ2v) is 6.91. The zero-order chi connectivity index (χ0) is 17.6. The average Bonchev–Trinajstić information content (AvgIpc) is 3.06. The number of ether oxygens (including phenoxy) is 1. The SMILES string of the molecule is CCOc1ccc(NC(=O)CNC(=O)c2csc3c2CCCC3)cc1. The number of hydrogen-bond donors (Lipinski definition) is 2. The van der Waals surface area contributed by atoms with E-state index in [4.69, 9.17) is 4.74 Å². The zero-order valence-electron chi connectivity index (χ0n) is 14.3. The number of aryl methyl sites for hydroxylation is 1. The van der Waals surface area contributed by atoms with Crippen LogP contribution in [0.1, 0.15) is 40.6 Å². The minimum atomic E-state index is -0.249. The second kappa shape index (κ2) is 8.16. The lowest BCUT2D eigenvalue weighted by Crippen LogP contribution is -2.33. The number of benzene rings is 1. The molecule has 132 valence electrons. The summed E-state index contributed by atoms with van der Waals surface area (Å²) in [7, 11) is 0. The molecule has 2 N–H and O–H groups in total. The lowest BCUT2D eigenvalue weighted by Gasteiger charge is -2.12. The molecule has 1 aliphatic rings. The molecule has 1 aromatic heterocycles. The molecule has 0 saturated carbocycles. The average molecular weight is 358 g/mol. The van der Waals surface area contributed by atoms with Gasteiger partial charge in [-0.3, -0.25) is 9.59 Å². The Hall–Kier alpha value is -2.34. The monoisotopic (exact) mass is 358 g/mol. The molecule has 0 fully saturated rings. The highest BCUT2D eigenvalue weighted by Crippen LogP contribution is 2.30. The van der Waals surface area contributed by atoms with Crippen molar-refractivity contribution in [1.82, 2.24) is 5.32 Å². The van der Waals surface area contributed by atoms with E-state index in [-0.39, 0.29) is 18.4 Å². The summed E-state index contributed by atoms with van der Waals surface area (Å²) in [6.07, 6.45) is 4.34. The first kappa shape index (κ1) is 17.5. The Balaban J connectivity index is 1.51. The van der Waals surface area contributed by atoms with E-state index in [1.165, 1.54) is 16.9 Å². The van der Waals surface area contributed by atoms with Gasteiger partial charge >= 0.3 is 0 Å². The molecule has 2 amide bonds. The van der Waals surface area contributed by atoms with Crippen LogP contribution >= 0.6 is 11.3 Å². The van der Waals surface area contributed by atoms with Crippen LogP contribution in [-0.4, -0.2) is 25.0 Å². The Bertz CT molecular complexity index is 753. The van der Waals surface area contributed by atoms with Gasteiger partial charge in [0, 0.05) is 15.9 Å². The summed E-state index contributed by atoms with van der Waals surface area (Å²) in [5.41, 5.74) is 2.57. The first-order chi connectivity index (χ1) is 12.2. The van der Waals surface area contributed by atoms with E-state index < -0.39 is 0 Å². The first-order valence-corrected chi connectivity index (χ1v) is 9.45. The molecule has 25 heavy (non-hydrogen) atoms. The third-order valence-electron chi connectivity index (χ3n) is 4.16. The highest BCUT2D eigenvalue weighted by Gasteiger charge is 2.20. The predicted octanol–water partition coefficient (Wildman–Crippen LogP) is 3.39. The molecule has 1 heterocycles. The number of rotatable bonds is 6. The van der Waals surface area contributed by atoms with Crippen LogP contribution in [0.5, 0.6) is 5.75 Å². The highest BCUT2D eigenvalue weighted by atomic mass is 32.1. The molecule has 5 nitrogen and oxygen atoms in total. The van der Waals surface area contributed by atoms with Crippen LogP contribution in [0.15, 0.2) is 29.6 Å². The maximum absolute atomic E-state index is 12.4. The second-order valence-electron chi connectivity index (χ2n) is 5.95. The maximum Gasteiger partial charge on any atom is 0.252 e. The van der Waals surface area contributed by atoms with E-state index in [2.05, 4.69) is 10.6 Å². The van der Waals surface area contributed by atoms with Crippen molar-refractivity contribution in [3.05, 3.63) is 45.6 Å². The Labute approximate surface area is 151 Å². The molecule has 0 saturated heterocycles. The van der Waals surface area contributed by atoms with Gasteiger partial charge < -0.3 is 15.4 Å². The van der Waals surface area contributed by atoms with Gasteiger partial charge in [-0.05, 0) is 62.4 Å². The van der Waals surface area contributed by atoms with Gasteiger partial charge in [-0.25, -0.2) is 0 Å². The minimum Gasteiger partial charge on any atom is -0.494 e. The highest BCUT2D eigenvalue weighted by molar-refractivity contribution is 7.10. The quantitative estimate of drug-likeness (QED) is 0.832. The Morgan fingerprint density at radius 2 is 1.92 bits per heavy atom. The largest absolute Gasteiger partial charge is 0.494 e. The molecule has 6 heteroatoms. The number of fused-ring (bicyclic) bond motifs is 1. The normalized spacial score (nSPS) is 13.0. The van der Waals surface area contributed by atoms with Gasteiger partial charge in [0.05, 0.1) is 18.7 Å². The molecule has 0 aliphatic heterocycles. The standard InChI is InChI=1S/C19H22N2O3S/c1-2-24-14-9-7-13(8-10-14)21-18(22)11-20-19(23)16-12-25-17-6-4-3-5-15(16)17/h7-10,12H,2-6,11H2,1H3,(H,20,23)(H,21,22). The lowest BCUT2D eigenvalue weighted by atomic mass is 9.96. The summed E-state index contributed by atoms with van der Waals surface area (Å²) >= 11 is 1.65. The van der Waals surface area contributed by atoms with Crippen molar-refractivity contribution in [2.24, 2.45) is 0 Å². The number of carbonyl (C=O) groups excluding carboxylic acids is 2. The molecule has 1 aliphatic carbocycles. The summed E-state index contributed by atoms with van der Waals surface area (Å²) in [6.45, 7) is 2.48. The topological polar surface area (TPSA) is 67.4 Å². The van der Waals surface area contributed by atoms with Crippen LogP contribution in [0, 0.1) is 0 Å². The Kier molecular flexibility index (Phi) is 5.71. The van der Waals surface area contributed by atoms with Gasteiger partial charge in [-0.15, -0.1) is 11.3 Å². The molecular weight excluding hydrogens is 336 g/mol. The van der Waals surface area contributed by atoms with Crippen LogP contribution < -0.4 is 15.4 Å². The van der Waals surface area contributed by atoms with E-state index in [0.29, 0.717) is 12.3 Å². The van der Waals surface area contributed by atoms with Crippen LogP contribution in [0.4, 0.5) is 5.69 Å². The van der Waals surface area contributed by atoms with Crippen molar-refractivity contribution < 1.29 is 14.3 Å². The number of anilines is 1. The Morgan fingerprint density at radius 1 is 1.16 bits per heavy atom. The van der Waals surface area contributed by atoms with Gasteiger partial charge in [0.15, 0.2) is 0 Å². The predicted molar refractivity (Wildman–Crippen MR) is 99.5 cm³/mol. The van der Waals surface area contributed by atoms with Crippen LogP contribution in [0.2, 0.25) is 0 Å². The number of thiophene rings is 1. The lowest BCUT2D eigenvalue weighted by molar-refractivity contribution is -0.115. The smallest absolute Gasteiger partial charge is 0.252 e. The molecule has 2 aromatic rings. The summed E-state index contributed by atoms with van der Waals surface area (Å²) in [6, 6.07) is 7.16. The van der Waals surface area contributed by atoms with Crippen LogP contribution in [0.25, 0.3) is 0 Å². The van der Waals surface area contributed by atoms with E-state index in [0.717, 1.165) is 30.6 Å². The number of carbonyl (C=O) groups is 2. The summed E-state index contributed by atoms with van der Waals surface area (Å²) in [5, 5.41) is 7.40. The van der Waals surface area contributed by atoms with Crippen molar-refractivity contribution in [1.29, 1.82) is 0 Å². The number of hydrogen-bond acceptors (Lipinski definition) is 4. The zero-order valence-corrected chi connectivity index (χ0v) is 15.1. The van der Waals surface area contributed by atoms with E-state index >= 15 is 0 Å². The molecule has 0 unspecified atom stereocenters. The van der Waals surface area contributed by atoms with Crippen molar-refractivity contribution in [3.63, 3.8) is 0 Å². The van der Waals surface area contributed by atoms with E-state index in [1.54, 1.807) is 35.6 Å². The minimum absolute atomic E-state index is 0.0450. The van der Waals surface area contributed by atoms with Crippen LogP contribution in [-0.2, 0) is 17.6 Å². The first-order valence-electron chi connectivity index (χ1n) is 8.57.